The number of carboxylic acids is 2. The highest BCUT2D eigenvalue weighted by Crippen LogP contribution is 2.10. The van der Waals surface area contributed by atoms with Crippen molar-refractivity contribution in [3.63, 3.8) is 0 Å². The molecule has 0 amide bonds. The van der Waals surface area contributed by atoms with Crippen LogP contribution in [0.5, 0.6) is 5.75 Å². The monoisotopic (exact) mass is 553 g/mol. The van der Waals surface area contributed by atoms with Gasteiger partial charge in [0.15, 0.2) is 0 Å². The van der Waals surface area contributed by atoms with E-state index in [2.05, 4.69) is 12.1 Å². The number of carbonyl (C=O) groups is 3. The van der Waals surface area contributed by atoms with E-state index in [1.807, 2.05) is 43.3 Å². The van der Waals surface area contributed by atoms with Gasteiger partial charge >= 0.3 is 11.9 Å². The molecule has 0 saturated carbocycles. The number of aldehydes is 1. The van der Waals surface area contributed by atoms with Gasteiger partial charge in [-0.2, -0.15) is 0 Å². The number of hydrogen-bond donors (Lipinski definition) is 5. The molecule has 1 atom stereocenters. The van der Waals surface area contributed by atoms with Crippen molar-refractivity contribution in [2.45, 2.75) is 45.1 Å². The number of carbonyl (C=O) groups excluding carboxylic acids is 1. The van der Waals surface area contributed by atoms with Crippen LogP contribution in [0.4, 0.5) is 0 Å². The van der Waals surface area contributed by atoms with Gasteiger partial charge < -0.3 is 32.2 Å². The summed E-state index contributed by atoms with van der Waals surface area (Å²) in [6.45, 7) is 3.92. The third-order valence-corrected chi connectivity index (χ3v) is 5.09. The second kappa shape index (κ2) is 24.0. The largest absolute Gasteiger partial charge is 0.494 e. The fraction of sp³-hybridized carbons (Fsp3) is 0.323. The zero-order chi connectivity index (χ0) is 30.0. The quantitative estimate of drug-likeness (QED) is 0.164. The Kier molecular flexibility index (Phi) is 21.6. The Hall–Kier alpha value is -4.05. The van der Waals surface area contributed by atoms with E-state index in [1.165, 1.54) is 5.56 Å². The van der Waals surface area contributed by atoms with E-state index in [0.29, 0.717) is 25.1 Å². The van der Waals surface area contributed by atoms with Crippen molar-refractivity contribution < 1.29 is 29.3 Å². The summed E-state index contributed by atoms with van der Waals surface area (Å²) in [7, 11) is 0. The van der Waals surface area contributed by atoms with Gasteiger partial charge in [0.1, 0.15) is 18.1 Å². The van der Waals surface area contributed by atoms with Crippen LogP contribution in [-0.2, 0) is 22.4 Å². The first kappa shape index (κ1) is 35.9. The Labute approximate surface area is 237 Å². The van der Waals surface area contributed by atoms with Crippen molar-refractivity contribution in [1.82, 2.24) is 0 Å². The minimum Gasteiger partial charge on any atom is -0.494 e. The Balaban J connectivity index is 0.000000508. The molecule has 8 N–H and O–H groups in total. The molecule has 3 aromatic carbocycles. The first-order valence-corrected chi connectivity index (χ1v) is 13.1. The fourth-order valence-corrected chi connectivity index (χ4v) is 3.02. The van der Waals surface area contributed by atoms with Crippen molar-refractivity contribution in [2.24, 2.45) is 17.2 Å². The van der Waals surface area contributed by atoms with Gasteiger partial charge in [-0.15, -0.1) is 0 Å². The van der Waals surface area contributed by atoms with Gasteiger partial charge in [-0.1, -0.05) is 67.1 Å². The predicted octanol–water partition coefficient (Wildman–Crippen LogP) is 3.93. The molecule has 218 valence electrons. The average Bonchev–Trinajstić information content (AvgIpc) is 2.96. The Morgan fingerprint density at radius 3 is 1.80 bits per heavy atom. The van der Waals surface area contributed by atoms with Crippen LogP contribution in [0.1, 0.15) is 47.7 Å². The minimum absolute atomic E-state index is 0.112. The molecule has 0 aliphatic rings. The maximum absolute atomic E-state index is 10.2. The third kappa shape index (κ3) is 20.0. The number of nitrogens with two attached hydrogens (primary N) is 3. The van der Waals surface area contributed by atoms with Crippen LogP contribution in [0.3, 0.4) is 0 Å². The normalized spacial score (nSPS) is 10.2. The van der Waals surface area contributed by atoms with Crippen molar-refractivity contribution in [3.05, 3.63) is 102 Å². The maximum atomic E-state index is 10.2. The van der Waals surface area contributed by atoms with Crippen LogP contribution < -0.4 is 21.9 Å². The van der Waals surface area contributed by atoms with Crippen LogP contribution in [0.15, 0.2) is 84.9 Å². The SMILES string of the molecule is CCOc1ccc(C=O)cc1.NCCCCC(N)C(=O)O.NCCc1ccccc1.O=C(O)Cc1ccccc1. The topological polar surface area (TPSA) is 179 Å². The van der Waals surface area contributed by atoms with Gasteiger partial charge in [0.25, 0.3) is 0 Å². The average molecular weight is 554 g/mol. The highest BCUT2D eigenvalue weighted by molar-refractivity contribution is 5.74. The summed E-state index contributed by atoms with van der Waals surface area (Å²) in [6, 6.07) is 25.7. The molecule has 0 heterocycles. The van der Waals surface area contributed by atoms with Crippen molar-refractivity contribution in [2.75, 3.05) is 19.7 Å². The molecule has 1 unspecified atom stereocenters. The van der Waals surface area contributed by atoms with E-state index in [1.54, 1.807) is 36.4 Å². The standard InChI is InChI=1S/C9H10O2.C8H11N.C8H8O2.C6H14N2O2/c1-2-11-9-5-3-8(7-10)4-6-9;9-7-6-8-4-2-1-3-5-8;9-8(10)6-7-4-2-1-3-5-7;7-4-2-1-3-5(8)6(9)10/h3-7H,2H2,1H3;1-5H,6-7,9H2;1-5H,6H2,(H,9,10);5H,1-4,7-8H2,(H,9,10). The van der Waals surface area contributed by atoms with Crippen LogP contribution in [-0.4, -0.2) is 54.2 Å². The number of carboxylic acid groups (broad SMARTS) is 2. The molecule has 9 heteroatoms. The minimum atomic E-state index is -0.933. The first-order valence-electron chi connectivity index (χ1n) is 13.1. The number of ether oxygens (including phenoxy) is 1. The molecule has 0 radical (unpaired) electrons. The van der Waals surface area contributed by atoms with Crippen molar-refractivity contribution >= 4 is 18.2 Å². The first-order chi connectivity index (χ1) is 19.3. The maximum Gasteiger partial charge on any atom is 0.320 e. The second-order valence-corrected chi connectivity index (χ2v) is 8.43. The third-order valence-electron chi connectivity index (χ3n) is 5.09. The lowest BCUT2D eigenvalue weighted by atomic mass is 10.1. The molecular weight excluding hydrogens is 510 g/mol. The Bertz CT molecular complexity index is 1050. The van der Waals surface area contributed by atoms with Gasteiger partial charge in [-0.25, -0.2) is 0 Å². The molecule has 3 aromatic rings. The highest BCUT2D eigenvalue weighted by Gasteiger charge is 2.09. The molecule has 0 spiro atoms. The van der Waals surface area contributed by atoms with E-state index >= 15 is 0 Å². The highest BCUT2D eigenvalue weighted by atomic mass is 16.5. The van der Waals surface area contributed by atoms with E-state index in [0.717, 1.165) is 43.4 Å². The van der Waals surface area contributed by atoms with Gasteiger partial charge in [0.05, 0.1) is 13.0 Å². The summed E-state index contributed by atoms with van der Waals surface area (Å²) in [4.78, 5) is 30.5. The molecule has 0 saturated heterocycles. The van der Waals surface area contributed by atoms with E-state index in [-0.39, 0.29) is 6.42 Å². The summed E-state index contributed by atoms with van der Waals surface area (Å²) in [5.41, 5.74) is 18.6. The van der Waals surface area contributed by atoms with Gasteiger partial charge in [0.2, 0.25) is 0 Å². The van der Waals surface area contributed by atoms with Gasteiger partial charge in [-0.3, -0.25) is 14.4 Å². The number of rotatable bonds is 12. The summed E-state index contributed by atoms with van der Waals surface area (Å²) >= 11 is 0. The number of hydrogen-bond acceptors (Lipinski definition) is 7. The Morgan fingerprint density at radius 1 is 0.825 bits per heavy atom. The lowest BCUT2D eigenvalue weighted by Crippen LogP contribution is -2.29. The smallest absolute Gasteiger partial charge is 0.320 e. The van der Waals surface area contributed by atoms with E-state index < -0.39 is 18.0 Å². The van der Waals surface area contributed by atoms with Crippen LogP contribution in [0, 0.1) is 0 Å². The van der Waals surface area contributed by atoms with Crippen molar-refractivity contribution in [1.29, 1.82) is 0 Å². The lowest BCUT2D eigenvalue weighted by molar-refractivity contribution is -0.139. The molecule has 0 aliphatic heterocycles. The van der Waals surface area contributed by atoms with Crippen molar-refractivity contribution in [3.8, 4) is 5.75 Å². The summed E-state index contributed by atoms with van der Waals surface area (Å²) < 4.78 is 5.19. The molecule has 0 aromatic heterocycles. The van der Waals surface area contributed by atoms with E-state index in [9.17, 15) is 14.4 Å². The van der Waals surface area contributed by atoms with Crippen LogP contribution >= 0.6 is 0 Å². The summed E-state index contributed by atoms with van der Waals surface area (Å²) in [5.74, 6) is -0.915. The predicted molar refractivity (Wildman–Crippen MR) is 158 cm³/mol. The zero-order valence-corrected chi connectivity index (χ0v) is 23.2. The van der Waals surface area contributed by atoms with Gasteiger partial charge in [-0.05, 0) is 74.7 Å². The Morgan fingerprint density at radius 2 is 1.38 bits per heavy atom. The lowest BCUT2D eigenvalue weighted by Gasteiger charge is -2.03. The molecular formula is C31H43N3O6. The molecule has 3 rings (SSSR count). The number of aliphatic carboxylic acids is 2. The van der Waals surface area contributed by atoms with Gasteiger partial charge in [0, 0.05) is 5.56 Å². The summed E-state index contributed by atoms with van der Waals surface area (Å²) in [5, 5.41) is 16.7. The second-order valence-electron chi connectivity index (χ2n) is 8.43. The molecule has 0 aliphatic carbocycles. The molecule has 40 heavy (non-hydrogen) atoms. The molecule has 0 bridgehead atoms. The van der Waals surface area contributed by atoms with E-state index in [4.69, 9.17) is 32.2 Å². The summed E-state index contributed by atoms with van der Waals surface area (Å²) in [6.07, 6.45) is 4.08. The van der Waals surface area contributed by atoms with Crippen LogP contribution in [0.2, 0.25) is 0 Å². The number of benzene rings is 3. The van der Waals surface area contributed by atoms with Crippen LogP contribution in [0.25, 0.3) is 0 Å². The zero-order valence-electron chi connectivity index (χ0n) is 23.2. The molecule has 0 fully saturated rings. The molecule has 9 nitrogen and oxygen atoms in total. The fourth-order valence-electron chi connectivity index (χ4n) is 3.02. The number of unbranched alkanes of at least 4 members (excludes halogenated alkanes) is 1.